The predicted molar refractivity (Wildman–Crippen MR) is 79.0 cm³/mol. The molecule has 4 nitrogen and oxygen atoms in total. The lowest BCUT2D eigenvalue weighted by Gasteiger charge is -2.28. The molecule has 0 saturated heterocycles. The second-order valence-electron chi connectivity index (χ2n) is 5.30. The molecule has 0 aliphatic carbocycles. The maximum atomic E-state index is 12.0. The molecular weight excluding hydrogens is 266 g/mol. The van der Waals surface area contributed by atoms with Gasteiger partial charge < -0.3 is 14.8 Å². The molecule has 2 heterocycles. The first-order chi connectivity index (χ1) is 10.3. The monoisotopic (exact) mass is 281 g/mol. The van der Waals surface area contributed by atoms with E-state index in [1.807, 2.05) is 30.3 Å². The number of hydrogen-bond acceptors (Lipinski definition) is 3. The first-order valence-corrected chi connectivity index (χ1v) is 7.09. The Morgan fingerprint density at radius 1 is 1.00 bits per heavy atom. The first-order valence-electron chi connectivity index (χ1n) is 7.09. The molecule has 2 aromatic carbocycles. The summed E-state index contributed by atoms with van der Waals surface area (Å²) >= 11 is 0. The number of fused-ring (bicyclic) bond motifs is 2. The molecule has 106 valence electrons. The van der Waals surface area contributed by atoms with Crippen LogP contribution in [0.1, 0.15) is 23.5 Å². The largest absolute Gasteiger partial charge is 0.486 e. The Bertz CT molecular complexity index is 697. The summed E-state index contributed by atoms with van der Waals surface area (Å²) in [5.74, 6) is 1.56. The Kier molecular flexibility index (Phi) is 2.81. The van der Waals surface area contributed by atoms with Crippen molar-refractivity contribution in [3.63, 3.8) is 0 Å². The van der Waals surface area contributed by atoms with Gasteiger partial charge in [0.15, 0.2) is 11.5 Å². The number of anilines is 1. The van der Waals surface area contributed by atoms with Gasteiger partial charge in [-0.1, -0.05) is 30.3 Å². The van der Waals surface area contributed by atoms with Crippen molar-refractivity contribution in [3.8, 4) is 11.5 Å². The van der Waals surface area contributed by atoms with Crippen molar-refractivity contribution in [2.24, 2.45) is 0 Å². The summed E-state index contributed by atoms with van der Waals surface area (Å²) in [6.07, 6.45) is 0.455. The molecule has 0 unspecified atom stereocenters. The maximum absolute atomic E-state index is 12.0. The first kappa shape index (κ1) is 12.3. The van der Waals surface area contributed by atoms with E-state index >= 15 is 0 Å². The quantitative estimate of drug-likeness (QED) is 0.874. The molecule has 0 saturated carbocycles. The van der Waals surface area contributed by atoms with E-state index in [4.69, 9.17) is 9.47 Å². The Balaban J connectivity index is 1.84. The average molecular weight is 281 g/mol. The minimum atomic E-state index is 0.0352. The van der Waals surface area contributed by atoms with Crippen molar-refractivity contribution in [3.05, 3.63) is 53.6 Å². The minimum absolute atomic E-state index is 0.0352. The topological polar surface area (TPSA) is 47.6 Å². The van der Waals surface area contributed by atoms with Gasteiger partial charge in [-0.2, -0.15) is 0 Å². The number of carbonyl (C=O) groups is 1. The summed E-state index contributed by atoms with van der Waals surface area (Å²) in [6, 6.07) is 14.0. The minimum Gasteiger partial charge on any atom is -0.486 e. The van der Waals surface area contributed by atoms with Crippen LogP contribution in [0.3, 0.4) is 0 Å². The molecule has 4 heteroatoms. The van der Waals surface area contributed by atoms with E-state index in [1.165, 1.54) is 0 Å². The Labute approximate surface area is 122 Å². The summed E-state index contributed by atoms with van der Waals surface area (Å²) in [5.41, 5.74) is 3.06. The Hall–Kier alpha value is -2.49. The molecule has 4 rings (SSSR count). The van der Waals surface area contributed by atoms with Gasteiger partial charge >= 0.3 is 0 Å². The molecule has 0 aromatic heterocycles. The fourth-order valence-corrected chi connectivity index (χ4v) is 2.98. The highest BCUT2D eigenvalue weighted by molar-refractivity contribution is 5.96. The van der Waals surface area contributed by atoms with Gasteiger partial charge in [-0.25, -0.2) is 0 Å². The Morgan fingerprint density at radius 3 is 2.48 bits per heavy atom. The molecule has 21 heavy (non-hydrogen) atoms. The van der Waals surface area contributed by atoms with E-state index in [2.05, 4.69) is 17.4 Å². The molecule has 2 aliphatic rings. The zero-order valence-electron chi connectivity index (χ0n) is 11.5. The summed E-state index contributed by atoms with van der Waals surface area (Å²) in [5, 5.41) is 2.94. The Morgan fingerprint density at radius 2 is 1.71 bits per heavy atom. The van der Waals surface area contributed by atoms with Crippen LogP contribution in [0.15, 0.2) is 42.5 Å². The van der Waals surface area contributed by atoms with Crippen LogP contribution in [0.5, 0.6) is 11.5 Å². The third kappa shape index (κ3) is 2.13. The summed E-state index contributed by atoms with van der Waals surface area (Å²) in [4.78, 5) is 12.0. The van der Waals surface area contributed by atoms with Crippen LogP contribution in [0.2, 0.25) is 0 Å². The zero-order valence-corrected chi connectivity index (χ0v) is 11.5. The van der Waals surface area contributed by atoms with Crippen LogP contribution in [-0.2, 0) is 4.79 Å². The van der Waals surface area contributed by atoms with E-state index < -0.39 is 0 Å². The summed E-state index contributed by atoms with van der Waals surface area (Å²) in [7, 11) is 0. The molecule has 0 bridgehead atoms. The van der Waals surface area contributed by atoms with E-state index in [-0.39, 0.29) is 11.8 Å². The van der Waals surface area contributed by atoms with Crippen molar-refractivity contribution in [2.45, 2.75) is 12.3 Å². The van der Waals surface area contributed by atoms with Crippen LogP contribution >= 0.6 is 0 Å². The maximum Gasteiger partial charge on any atom is 0.225 e. The number of nitrogens with one attached hydrogen (secondary N) is 1. The smallest absolute Gasteiger partial charge is 0.225 e. The predicted octanol–water partition coefficient (Wildman–Crippen LogP) is 2.93. The van der Waals surface area contributed by atoms with E-state index in [1.54, 1.807) is 0 Å². The third-order valence-corrected chi connectivity index (χ3v) is 3.96. The average Bonchev–Trinajstić information content (AvgIpc) is 2.53. The summed E-state index contributed by atoms with van der Waals surface area (Å²) < 4.78 is 11.3. The number of ether oxygens (including phenoxy) is 2. The lowest BCUT2D eigenvalue weighted by molar-refractivity contribution is -0.116. The number of hydrogen-bond donors (Lipinski definition) is 1. The van der Waals surface area contributed by atoms with Gasteiger partial charge in [-0.05, 0) is 17.2 Å². The van der Waals surface area contributed by atoms with Crippen LogP contribution in [-0.4, -0.2) is 19.1 Å². The fraction of sp³-hybridized carbons (Fsp3) is 0.235. The van der Waals surface area contributed by atoms with Crippen molar-refractivity contribution in [2.75, 3.05) is 18.5 Å². The number of amides is 1. The molecular formula is C17H15NO3. The van der Waals surface area contributed by atoms with Gasteiger partial charge in [0.05, 0.1) is 0 Å². The van der Waals surface area contributed by atoms with Gasteiger partial charge in [0, 0.05) is 24.1 Å². The third-order valence-electron chi connectivity index (χ3n) is 3.96. The highest BCUT2D eigenvalue weighted by Crippen LogP contribution is 2.43. The van der Waals surface area contributed by atoms with Crippen LogP contribution in [0.25, 0.3) is 0 Å². The second kappa shape index (κ2) is 4.81. The van der Waals surface area contributed by atoms with Gasteiger partial charge in [-0.3, -0.25) is 4.79 Å². The van der Waals surface area contributed by atoms with Crippen LogP contribution in [0.4, 0.5) is 5.69 Å². The molecule has 1 atom stereocenters. The van der Waals surface area contributed by atoms with E-state index in [9.17, 15) is 4.79 Å². The van der Waals surface area contributed by atoms with Crippen molar-refractivity contribution in [1.82, 2.24) is 0 Å². The molecule has 1 N–H and O–H groups in total. The van der Waals surface area contributed by atoms with Crippen LogP contribution < -0.4 is 14.8 Å². The highest BCUT2D eigenvalue weighted by atomic mass is 16.6. The lowest BCUT2D eigenvalue weighted by Crippen LogP contribution is -2.24. The van der Waals surface area contributed by atoms with E-state index in [0.717, 1.165) is 22.6 Å². The highest BCUT2D eigenvalue weighted by Gasteiger charge is 2.29. The van der Waals surface area contributed by atoms with Gasteiger partial charge in [-0.15, -0.1) is 0 Å². The lowest BCUT2D eigenvalue weighted by atomic mass is 9.84. The number of rotatable bonds is 1. The van der Waals surface area contributed by atoms with Crippen molar-refractivity contribution >= 4 is 11.6 Å². The van der Waals surface area contributed by atoms with Crippen molar-refractivity contribution in [1.29, 1.82) is 0 Å². The van der Waals surface area contributed by atoms with Gasteiger partial charge in [0.1, 0.15) is 13.2 Å². The van der Waals surface area contributed by atoms with Gasteiger partial charge in [0.2, 0.25) is 5.91 Å². The summed E-state index contributed by atoms with van der Waals surface area (Å²) in [6.45, 7) is 1.11. The molecule has 1 amide bonds. The normalized spacial score (nSPS) is 19.6. The molecule has 2 aromatic rings. The van der Waals surface area contributed by atoms with Gasteiger partial charge in [0.25, 0.3) is 0 Å². The molecule has 0 spiro atoms. The molecule has 0 fully saturated rings. The molecule has 0 radical (unpaired) electrons. The second-order valence-corrected chi connectivity index (χ2v) is 5.30. The van der Waals surface area contributed by atoms with E-state index in [0.29, 0.717) is 25.4 Å². The van der Waals surface area contributed by atoms with Crippen LogP contribution in [0, 0.1) is 0 Å². The standard InChI is InChI=1S/C17H15NO3/c19-17-9-12(11-4-2-1-3-5-11)13-8-15-16(10-14(13)18-17)21-7-6-20-15/h1-5,8,10,12H,6-7,9H2,(H,18,19)/t12-/m1/s1. The number of benzene rings is 2. The zero-order chi connectivity index (χ0) is 14.2. The fourth-order valence-electron chi connectivity index (χ4n) is 2.98. The molecule has 2 aliphatic heterocycles. The van der Waals surface area contributed by atoms with Crippen molar-refractivity contribution < 1.29 is 14.3 Å². The SMILES string of the molecule is O=C1C[C@H](c2ccccc2)c2cc3c(cc2N1)OCCO3. The number of carbonyl (C=O) groups excluding carboxylic acids is 1.